The summed E-state index contributed by atoms with van der Waals surface area (Å²) in [5, 5.41) is 8.87. The van der Waals surface area contributed by atoms with Crippen molar-refractivity contribution in [1.29, 1.82) is 0 Å². The first-order valence-corrected chi connectivity index (χ1v) is 4.90. The quantitative estimate of drug-likeness (QED) is 0.734. The lowest BCUT2D eigenvalue weighted by atomic mass is 10.1. The molecule has 0 aromatic carbocycles. The van der Waals surface area contributed by atoms with Gasteiger partial charge < -0.3 is 16.6 Å². The fourth-order valence-electron chi connectivity index (χ4n) is 1.42. The van der Waals surface area contributed by atoms with Crippen LogP contribution in [0, 0.1) is 5.82 Å². The van der Waals surface area contributed by atoms with Crippen molar-refractivity contribution in [3.05, 3.63) is 35.9 Å². The normalized spacial score (nSPS) is 10.3. The van der Waals surface area contributed by atoms with Gasteiger partial charge in [0, 0.05) is 17.8 Å². The van der Waals surface area contributed by atoms with Gasteiger partial charge >= 0.3 is 5.97 Å². The van der Waals surface area contributed by atoms with E-state index in [0.717, 1.165) is 6.07 Å². The summed E-state index contributed by atoms with van der Waals surface area (Å²) in [6.45, 7) is 0. The Bertz CT molecular complexity index is 613. The van der Waals surface area contributed by atoms with Gasteiger partial charge in [0.2, 0.25) is 0 Å². The summed E-state index contributed by atoms with van der Waals surface area (Å²) >= 11 is 0. The third kappa shape index (κ3) is 2.05. The highest BCUT2D eigenvalue weighted by molar-refractivity contribution is 5.92. The zero-order valence-electron chi connectivity index (χ0n) is 9.09. The number of hydrogen-bond donors (Lipinski definition) is 3. The van der Waals surface area contributed by atoms with Crippen molar-refractivity contribution in [3.63, 3.8) is 0 Å². The van der Waals surface area contributed by atoms with Crippen molar-refractivity contribution < 1.29 is 14.3 Å². The summed E-state index contributed by atoms with van der Waals surface area (Å²) in [6, 6.07) is 3.88. The Hall–Kier alpha value is -2.70. The number of halogens is 1. The standard InChI is InChI=1S/C11H9FN4O2/c12-6-3-7(13)10(11(17)18)16-9(6)5-1-2-8(14)15-4-5/h1-4H,13H2,(H2,14,15)(H,17,18). The minimum Gasteiger partial charge on any atom is -0.476 e. The Labute approximate surface area is 101 Å². The van der Waals surface area contributed by atoms with Crippen LogP contribution < -0.4 is 11.5 Å². The fourth-order valence-corrected chi connectivity index (χ4v) is 1.42. The first-order chi connectivity index (χ1) is 8.49. The lowest BCUT2D eigenvalue weighted by molar-refractivity contribution is 0.0692. The number of hydrogen-bond acceptors (Lipinski definition) is 5. The van der Waals surface area contributed by atoms with E-state index < -0.39 is 17.5 Å². The molecule has 0 saturated carbocycles. The SMILES string of the molecule is Nc1ccc(-c2nc(C(=O)O)c(N)cc2F)cn1. The maximum Gasteiger partial charge on any atom is 0.356 e. The van der Waals surface area contributed by atoms with Crippen LogP contribution in [0.3, 0.4) is 0 Å². The summed E-state index contributed by atoms with van der Waals surface area (Å²) in [4.78, 5) is 18.3. The molecule has 0 spiro atoms. The minimum atomic E-state index is -1.32. The molecule has 0 amide bonds. The van der Waals surface area contributed by atoms with Crippen molar-refractivity contribution >= 4 is 17.5 Å². The molecule has 0 radical (unpaired) electrons. The predicted octanol–water partition coefficient (Wildman–Crippen LogP) is 1.15. The molecule has 5 N–H and O–H groups in total. The molecular formula is C11H9FN4O2. The van der Waals surface area contributed by atoms with Gasteiger partial charge in [-0.15, -0.1) is 0 Å². The monoisotopic (exact) mass is 248 g/mol. The van der Waals surface area contributed by atoms with E-state index >= 15 is 0 Å². The molecule has 92 valence electrons. The average molecular weight is 248 g/mol. The van der Waals surface area contributed by atoms with E-state index in [2.05, 4.69) is 9.97 Å². The highest BCUT2D eigenvalue weighted by atomic mass is 19.1. The Kier molecular flexibility index (Phi) is 2.80. The van der Waals surface area contributed by atoms with Crippen molar-refractivity contribution in [3.8, 4) is 11.3 Å². The number of carboxylic acids is 1. The first kappa shape index (κ1) is 11.8. The second-order valence-electron chi connectivity index (χ2n) is 3.53. The summed E-state index contributed by atoms with van der Waals surface area (Å²) < 4.78 is 13.7. The van der Waals surface area contributed by atoms with Crippen LogP contribution in [0.25, 0.3) is 11.3 Å². The number of aromatic nitrogens is 2. The van der Waals surface area contributed by atoms with E-state index in [9.17, 15) is 9.18 Å². The first-order valence-electron chi connectivity index (χ1n) is 4.90. The zero-order valence-corrected chi connectivity index (χ0v) is 9.09. The van der Waals surface area contributed by atoms with Gasteiger partial charge in [0.05, 0.1) is 5.69 Å². The molecule has 18 heavy (non-hydrogen) atoms. The molecule has 0 atom stereocenters. The molecule has 0 bridgehead atoms. The number of carboxylic acid groups (broad SMARTS) is 1. The molecule has 2 aromatic rings. The van der Waals surface area contributed by atoms with Gasteiger partial charge in [-0.25, -0.2) is 19.2 Å². The molecule has 6 nitrogen and oxygen atoms in total. The van der Waals surface area contributed by atoms with Crippen LogP contribution >= 0.6 is 0 Å². The Morgan fingerprint density at radius 3 is 2.61 bits per heavy atom. The van der Waals surface area contributed by atoms with Gasteiger partial charge in [-0.2, -0.15) is 0 Å². The summed E-state index contributed by atoms with van der Waals surface area (Å²) in [5.74, 6) is -1.77. The Balaban J connectivity index is 2.60. The largest absolute Gasteiger partial charge is 0.476 e. The van der Waals surface area contributed by atoms with Crippen molar-refractivity contribution in [2.24, 2.45) is 0 Å². The highest BCUT2D eigenvalue weighted by Gasteiger charge is 2.16. The van der Waals surface area contributed by atoms with Gasteiger partial charge in [0.15, 0.2) is 11.5 Å². The minimum absolute atomic E-state index is 0.130. The summed E-state index contributed by atoms with van der Waals surface area (Å²) in [6.07, 6.45) is 1.31. The number of nitrogens with zero attached hydrogens (tertiary/aromatic N) is 2. The van der Waals surface area contributed by atoms with Gasteiger partial charge in [0.1, 0.15) is 11.5 Å². The van der Waals surface area contributed by atoms with Crippen LogP contribution in [-0.2, 0) is 0 Å². The van der Waals surface area contributed by atoms with Gasteiger partial charge in [-0.3, -0.25) is 0 Å². The van der Waals surface area contributed by atoms with E-state index in [1.165, 1.54) is 18.3 Å². The molecular weight excluding hydrogens is 239 g/mol. The number of carbonyl (C=O) groups is 1. The fraction of sp³-hybridized carbons (Fsp3) is 0. The predicted molar refractivity (Wildman–Crippen MR) is 63.2 cm³/mol. The number of rotatable bonds is 2. The van der Waals surface area contributed by atoms with Crippen molar-refractivity contribution in [2.75, 3.05) is 11.5 Å². The molecule has 2 heterocycles. The van der Waals surface area contributed by atoms with E-state index in [1.54, 1.807) is 0 Å². The lowest BCUT2D eigenvalue weighted by Gasteiger charge is -2.06. The molecule has 0 saturated heterocycles. The third-order valence-electron chi connectivity index (χ3n) is 2.27. The smallest absolute Gasteiger partial charge is 0.356 e. The molecule has 0 aliphatic carbocycles. The van der Waals surface area contributed by atoms with E-state index in [0.29, 0.717) is 5.56 Å². The number of anilines is 2. The molecule has 0 aliphatic heterocycles. The van der Waals surface area contributed by atoms with Gasteiger partial charge in [-0.05, 0) is 12.1 Å². The zero-order chi connectivity index (χ0) is 13.3. The molecule has 0 fully saturated rings. The van der Waals surface area contributed by atoms with Crippen LogP contribution in [0.5, 0.6) is 0 Å². The summed E-state index contributed by atoms with van der Waals surface area (Å²) in [7, 11) is 0. The molecule has 2 rings (SSSR count). The number of nitrogen functional groups attached to an aromatic ring is 2. The molecule has 0 unspecified atom stereocenters. The van der Waals surface area contributed by atoms with Crippen LogP contribution in [0.15, 0.2) is 24.4 Å². The lowest BCUT2D eigenvalue weighted by Crippen LogP contribution is -2.08. The summed E-state index contributed by atoms with van der Waals surface area (Å²) in [5.41, 5.74) is 10.3. The van der Waals surface area contributed by atoms with E-state index in [1.807, 2.05) is 0 Å². The van der Waals surface area contributed by atoms with Crippen LogP contribution in [0.1, 0.15) is 10.5 Å². The number of aromatic carboxylic acids is 1. The maximum atomic E-state index is 13.7. The van der Waals surface area contributed by atoms with Crippen molar-refractivity contribution in [1.82, 2.24) is 9.97 Å². The average Bonchev–Trinajstić information content (AvgIpc) is 2.30. The second-order valence-corrected chi connectivity index (χ2v) is 3.53. The number of nitrogens with two attached hydrogens (primary N) is 2. The molecule has 7 heteroatoms. The molecule has 0 aliphatic rings. The van der Waals surface area contributed by atoms with Crippen LogP contribution in [0.2, 0.25) is 0 Å². The van der Waals surface area contributed by atoms with Crippen LogP contribution in [-0.4, -0.2) is 21.0 Å². The van der Waals surface area contributed by atoms with E-state index in [4.69, 9.17) is 16.6 Å². The Morgan fingerprint density at radius 2 is 2.06 bits per heavy atom. The van der Waals surface area contributed by atoms with E-state index in [-0.39, 0.29) is 17.2 Å². The number of pyridine rings is 2. The Morgan fingerprint density at radius 1 is 1.33 bits per heavy atom. The van der Waals surface area contributed by atoms with Gasteiger partial charge in [0.25, 0.3) is 0 Å². The van der Waals surface area contributed by atoms with Gasteiger partial charge in [-0.1, -0.05) is 0 Å². The van der Waals surface area contributed by atoms with Crippen LogP contribution in [0.4, 0.5) is 15.9 Å². The molecule has 2 aromatic heterocycles. The van der Waals surface area contributed by atoms with Crippen molar-refractivity contribution in [2.45, 2.75) is 0 Å². The third-order valence-corrected chi connectivity index (χ3v) is 2.27. The second kappa shape index (κ2) is 4.28. The highest BCUT2D eigenvalue weighted by Crippen LogP contribution is 2.23. The maximum absolute atomic E-state index is 13.7. The topological polar surface area (TPSA) is 115 Å².